The van der Waals surface area contributed by atoms with Gasteiger partial charge in [0.15, 0.2) is 0 Å². The molecule has 0 N–H and O–H groups in total. The van der Waals surface area contributed by atoms with Gasteiger partial charge in [-0.25, -0.2) is 0 Å². The summed E-state index contributed by atoms with van der Waals surface area (Å²) in [7, 11) is 0. The molecule has 2 nitrogen and oxygen atoms in total. The first kappa shape index (κ1) is 16.8. The maximum absolute atomic E-state index is 6.49. The standard InChI is InChI=1S/C19H33NO/c1-8-18(6,12-9-10-15(2)3)21-20-14-16-11-13-19(20,7)17(16,4)5/h8,10,16H,1,9,11-14H2,2-7H3/t16-,18+,19-/m1/s1. The lowest BCUT2D eigenvalue weighted by Crippen LogP contribution is -2.51. The quantitative estimate of drug-likeness (QED) is 0.630. The Labute approximate surface area is 131 Å². The number of fused-ring (bicyclic) bond motifs is 2. The zero-order chi connectivity index (χ0) is 15.9. The van der Waals surface area contributed by atoms with Crippen LogP contribution in [0.15, 0.2) is 24.3 Å². The van der Waals surface area contributed by atoms with Gasteiger partial charge in [0, 0.05) is 12.1 Å². The molecule has 1 aliphatic heterocycles. The molecule has 1 aliphatic carbocycles. The molecular formula is C19H33NO. The summed E-state index contributed by atoms with van der Waals surface area (Å²) in [6.07, 6.45) is 8.88. The van der Waals surface area contributed by atoms with Crippen molar-refractivity contribution in [2.24, 2.45) is 11.3 Å². The Morgan fingerprint density at radius 2 is 2.05 bits per heavy atom. The van der Waals surface area contributed by atoms with Crippen LogP contribution < -0.4 is 0 Å². The molecule has 1 saturated heterocycles. The Morgan fingerprint density at radius 1 is 1.38 bits per heavy atom. The number of nitrogens with zero attached hydrogens (tertiary/aromatic N) is 1. The van der Waals surface area contributed by atoms with Gasteiger partial charge in [-0.2, -0.15) is 5.06 Å². The van der Waals surface area contributed by atoms with Crippen LogP contribution in [-0.2, 0) is 4.84 Å². The van der Waals surface area contributed by atoms with E-state index in [0.29, 0.717) is 5.41 Å². The molecule has 2 aliphatic rings. The third-order valence-corrected chi connectivity index (χ3v) is 6.27. The molecule has 2 bridgehead atoms. The van der Waals surface area contributed by atoms with Gasteiger partial charge in [0.1, 0.15) is 5.60 Å². The first-order valence-corrected chi connectivity index (χ1v) is 8.38. The molecule has 1 saturated carbocycles. The molecule has 0 amide bonds. The van der Waals surface area contributed by atoms with Gasteiger partial charge in [0.25, 0.3) is 0 Å². The first-order valence-electron chi connectivity index (χ1n) is 8.38. The largest absolute Gasteiger partial charge is 0.288 e. The maximum Gasteiger partial charge on any atom is 0.105 e. The lowest BCUT2D eigenvalue weighted by Gasteiger charge is -2.44. The normalized spacial score (nSPS) is 33.7. The highest BCUT2D eigenvalue weighted by molar-refractivity contribution is 5.12. The van der Waals surface area contributed by atoms with Crippen molar-refractivity contribution in [2.45, 2.75) is 78.4 Å². The highest BCUT2D eigenvalue weighted by atomic mass is 16.7. The van der Waals surface area contributed by atoms with Crippen molar-refractivity contribution in [3.8, 4) is 0 Å². The Kier molecular flexibility index (Phi) is 4.43. The summed E-state index contributed by atoms with van der Waals surface area (Å²) in [5.74, 6) is 0.759. The fourth-order valence-electron chi connectivity index (χ4n) is 3.97. The third-order valence-electron chi connectivity index (χ3n) is 6.27. The Bertz CT molecular complexity index is 435. The van der Waals surface area contributed by atoms with Gasteiger partial charge in [-0.05, 0) is 64.7 Å². The summed E-state index contributed by atoms with van der Waals surface area (Å²) in [4.78, 5) is 6.49. The summed E-state index contributed by atoms with van der Waals surface area (Å²) in [5, 5.41) is 2.28. The second-order valence-electron chi connectivity index (χ2n) is 8.22. The molecule has 0 unspecified atom stereocenters. The number of hydrogen-bond donors (Lipinski definition) is 0. The maximum atomic E-state index is 6.49. The van der Waals surface area contributed by atoms with Gasteiger partial charge < -0.3 is 0 Å². The van der Waals surface area contributed by atoms with Gasteiger partial charge in [-0.3, -0.25) is 4.84 Å². The molecule has 0 aromatic rings. The predicted octanol–water partition coefficient (Wildman–Crippen LogP) is 5.12. The summed E-state index contributed by atoms with van der Waals surface area (Å²) in [6, 6.07) is 0. The number of allylic oxidation sites excluding steroid dienone is 2. The fraction of sp³-hybridized carbons (Fsp3) is 0.789. The lowest BCUT2D eigenvalue weighted by atomic mass is 9.75. The van der Waals surface area contributed by atoms with Crippen molar-refractivity contribution >= 4 is 0 Å². The van der Waals surface area contributed by atoms with Crippen LogP contribution in [-0.4, -0.2) is 22.7 Å². The van der Waals surface area contributed by atoms with Crippen LogP contribution in [0, 0.1) is 11.3 Å². The molecule has 120 valence electrons. The molecule has 21 heavy (non-hydrogen) atoms. The van der Waals surface area contributed by atoms with E-state index in [4.69, 9.17) is 4.84 Å². The monoisotopic (exact) mass is 291 g/mol. The molecule has 2 fully saturated rings. The van der Waals surface area contributed by atoms with E-state index in [-0.39, 0.29) is 11.1 Å². The van der Waals surface area contributed by atoms with E-state index in [1.54, 1.807) is 0 Å². The van der Waals surface area contributed by atoms with E-state index < -0.39 is 0 Å². The van der Waals surface area contributed by atoms with Crippen LogP contribution in [0.3, 0.4) is 0 Å². The summed E-state index contributed by atoms with van der Waals surface area (Å²) in [5.41, 5.74) is 1.61. The van der Waals surface area contributed by atoms with Crippen molar-refractivity contribution in [3.05, 3.63) is 24.3 Å². The predicted molar refractivity (Wildman–Crippen MR) is 90.0 cm³/mol. The molecular weight excluding hydrogens is 258 g/mol. The molecule has 0 aromatic heterocycles. The average Bonchev–Trinajstić information content (AvgIpc) is 2.71. The minimum absolute atomic E-state index is 0.165. The summed E-state index contributed by atoms with van der Waals surface area (Å²) >= 11 is 0. The summed E-state index contributed by atoms with van der Waals surface area (Å²) < 4.78 is 0. The zero-order valence-electron chi connectivity index (χ0n) is 14.8. The fourth-order valence-corrected chi connectivity index (χ4v) is 3.97. The number of hydrogen-bond acceptors (Lipinski definition) is 2. The molecule has 2 heteroatoms. The highest BCUT2D eigenvalue weighted by Gasteiger charge is 2.62. The lowest BCUT2D eigenvalue weighted by molar-refractivity contribution is -0.270. The molecule has 3 atom stereocenters. The van der Waals surface area contributed by atoms with Crippen molar-refractivity contribution in [2.75, 3.05) is 6.54 Å². The van der Waals surface area contributed by atoms with Gasteiger partial charge in [0.2, 0.25) is 0 Å². The van der Waals surface area contributed by atoms with E-state index in [2.05, 4.69) is 59.3 Å². The van der Waals surface area contributed by atoms with Gasteiger partial charge in [0.05, 0.1) is 0 Å². The van der Waals surface area contributed by atoms with E-state index in [1.165, 1.54) is 18.4 Å². The zero-order valence-corrected chi connectivity index (χ0v) is 14.8. The van der Waals surface area contributed by atoms with Crippen molar-refractivity contribution < 1.29 is 4.84 Å². The number of hydroxylamine groups is 2. The van der Waals surface area contributed by atoms with Crippen molar-refractivity contribution in [1.82, 2.24) is 5.06 Å². The minimum Gasteiger partial charge on any atom is -0.288 e. The molecule has 2 rings (SSSR count). The Balaban J connectivity index is 2.06. The van der Waals surface area contributed by atoms with Crippen LogP contribution >= 0.6 is 0 Å². The average molecular weight is 291 g/mol. The number of rotatable bonds is 6. The van der Waals surface area contributed by atoms with E-state index >= 15 is 0 Å². The highest BCUT2D eigenvalue weighted by Crippen LogP contribution is 2.59. The molecule has 0 spiro atoms. The summed E-state index contributed by atoms with van der Waals surface area (Å²) in [6.45, 7) is 18.7. The van der Waals surface area contributed by atoms with E-state index in [1.807, 2.05) is 6.08 Å². The van der Waals surface area contributed by atoms with Crippen molar-refractivity contribution in [3.63, 3.8) is 0 Å². The van der Waals surface area contributed by atoms with Crippen LogP contribution in [0.25, 0.3) is 0 Å². The van der Waals surface area contributed by atoms with Crippen molar-refractivity contribution in [1.29, 1.82) is 0 Å². The topological polar surface area (TPSA) is 12.5 Å². The van der Waals surface area contributed by atoms with Gasteiger partial charge in [-0.15, -0.1) is 6.58 Å². The van der Waals surface area contributed by atoms with Gasteiger partial charge >= 0.3 is 0 Å². The SMILES string of the molecule is C=C[C@@](C)(CCC=C(C)C)ON1C[C@H]2CC[C@]1(C)C2(C)C. The van der Waals surface area contributed by atoms with E-state index in [0.717, 1.165) is 25.3 Å². The smallest absolute Gasteiger partial charge is 0.105 e. The third kappa shape index (κ3) is 2.85. The first-order chi connectivity index (χ1) is 9.64. The molecule has 0 radical (unpaired) electrons. The number of piperidine rings is 1. The minimum atomic E-state index is -0.268. The van der Waals surface area contributed by atoms with Gasteiger partial charge in [-0.1, -0.05) is 31.6 Å². The Hall–Kier alpha value is -0.600. The van der Waals surface area contributed by atoms with Crippen LogP contribution in [0.2, 0.25) is 0 Å². The van der Waals surface area contributed by atoms with Crippen LogP contribution in [0.4, 0.5) is 0 Å². The van der Waals surface area contributed by atoms with E-state index in [9.17, 15) is 0 Å². The Morgan fingerprint density at radius 3 is 2.48 bits per heavy atom. The molecule has 1 heterocycles. The van der Waals surface area contributed by atoms with Crippen LogP contribution in [0.1, 0.15) is 67.2 Å². The second-order valence-corrected chi connectivity index (χ2v) is 8.22. The second kappa shape index (κ2) is 5.55. The molecule has 0 aromatic carbocycles. The van der Waals surface area contributed by atoms with Crippen LogP contribution in [0.5, 0.6) is 0 Å².